The molecule has 0 aliphatic carbocycles. The normalized spacial score (nSPS) is 11.3. The molecule has 0 atom stereocenters. The third-order valence-corrected chi connectivity index (χ3v) is 4.78. The molecule has 138 valence electrons. The van der Waals surface area contributed by atoms with E-state index in [1.54, 1.807) is 0 Å². The zero-order valence-electron chi connectivity index (χ0n) is 14.4. The minimum absolute atomic E-state index is 0.0243. The van der Waals surface area contributed by atoms with Gasteiger partial charge in [0, 0.05) is 6.42 Å². The van der Waals surface area contributed by atoms with Crippen molar-refractivity contribution in [3.8, 4) is 11.5 Å². The summed E-state index contributed by atoms with van der Waals surface area (Å²) in [6, 6.07) is 15.6. The van der Waals surface area contributed by atoms with E-state index >= 15 is 0 Å². The maximum absolute atomic E-state index is 12.1. The number of carbonyl (C=O) groups is 1. The lowest BCUT2D eigenvalue weighted by Crippen LogP contribution is -2.12. The fourth-order valence-corrected chi connectivity index (χ4v) is 3.10. The number of rotatable bonds is 6. The molecule has 5 N–H and O–H groups in total. The van der Waals surface area contributed by atoms with E-state index in [-0.39, 0.29) is 29.5 Å². The molecule has 0 aliphatic heterocycles. The Kier molecular flexibility index (Phi) is 5.73. The fraction of sp³-hybridized carbons (Fsp3) is 0.100. The van der Waals surface area contributed by atoms with Crippen LogP contribution in [-0.2, 0) is 11.2 Å². The number of hydrogen-bond acceptors (Lipinski definition) is 5. The van der Waals surface area contributed by atoms with Crippen molar-refractivity contribution in [1.82, 2.24) is 0 Å². The number of carbonyl (C=O) groups excluding carboxylic acids is 1. The highest BCUT2D eigenvalue weighted by molar-refractivity contribution is 7.12. The molecule has 3 aromatic rings. The predicted molar refractivity (Wildman–Crippen MR) is 108 cm³/mol. The standard InChI is InChI=1S/C20H19N3O3S/c21-20(17-5-2-12-27-17)22-14-9-6-13(7-10-14)8-11-18(26)23-19-15(24)3-1-4-16(19)25/h1-7,9-10,12,24-25H,8,11H2,(H2,21,22)(H,23,26). The molecule has 7 heteroatoms. The summed E-state index contributed by atoms with van der Waals surface area (Å²) >= 11 is 1.53. The highest BCUT2D eigenvalue weighted by Crippen LogP contribution is 2.32. The molecule has 0 unspecified atom stereocenters. The number of aryl methyl sites for hydroxylation is 1. The summed E-state index contributed by atoms with van der Waals surface area (Å²) in [5, 5.41) is 23.9. The molecule has 0 fully saturated rings. The van der Waals surface area contributed by atoms with Crippen LogP contribution < -0.4 is 11.1 Å². The molecule has 6 nitrogen and oxygen atoms in total. The van der Waals surface area contributed by atoms with Gasteiger partial charge in [-0.15, -0.1) is 11.3 Å². The van der Waals surface area contributed by atoms with Gasteiger partial charge in [0.15, 0.2) is 0 Å². The number of nitrogens with two attached hydrogens (primary N) is 1. The van der Waals surface area contributed by atoms with Gasteiger partial charge in [-0.25, -0.2) is 4.99 Å². The number of phenolic OH excluding ortho intramolecular Hbond substituents is 2. The molecule has 0 aliphatic rings. The van der Waals surface area contributed by atoms with Crippen molar-refractivity contribution in [2.75, 3.05) is 5.32 Å². The predicted octanol–water partition coefficient (Wildman–Crippen LogP) is 3.77. The number of nitrogens with one attached hydrogen (secondary N) is 1. The summed E-state index contributed by atoms with van der Waals surface area (Å²) in [5.41, 5.74) is 7.71. The van der Waals surface area contributed by atoms with Gasteiger partial charge in [-0.05, 0) is 47.7 Å². The molecular weight excluding hydrogens is 362 g/mol. The Balaban J connectivity index is 1.57. The van der Waals surface area contributed by atoms with Crippen LogP contribution in [0.2, 0.25) is 0 Å². The number of hydrogen-bond donors (Lipinski definition) is 4. The van der Waals surface area contributed by atoms with Crippen LogP contribution in [0, 0.1) is 0 Å². The van der Waals surface area contributed by atoms with Crippen molar-refractivity contribution in [3.63, 3.8) is 0 Å². The van der Waals surface area contributed by atoms with Crippen molar-refractivity contribution in [1.29, 1.82) is 0 Å². The first kappa shape index (κ1) is 18.5. The molecule has 1 aromatic heterocycles. The Morgan fingerprint density at radius 2 is 1.74 bits per heavy atom. The van der Waals surface area contributed by atoms with E-state index < -0.39 is 0 Å². The Hall–Kier alpha value is -3.32. The van der Waals surface area contributed by atoms with Gasteiger partial charge in [0.2, 0.25) is 5.91 Å². The van der Waals surface area contributed by atoms with Crippen molar-refractivity contribution in [2.45, 2.75) is 12.8 Å². The van der Waals surface area contributed by atoms with E-state index in [4.69, 9.17) is 5.73 Å². The first-order chi connectivity index (χ1) is 13.0. The highest BCUT2D eigenvalue weighted by Gasteiger charge is 2.10. The number of phenols is 2. The molecule has 1 amide bonds. The molecular formula is C20H19N3O3S. The van der Waals surface area contributed by atoms with Gasteiger partial charge < -0.3 is 21.3 Å². The summed E-state index contributed by atoms with van der Waals surface area (Å²) in [7, 11) is 0. The smallest absolute Gasteiger partial charge is 0.224 e. The number of nitrogens with zero attached hydrogens (tertiary/aromatic N) is 1. The van der Waals surface area contributed by atoms with E-state index in [2.05, 4.69) is 10.3 Å². The minimum atomic E-state index is -0.296. The largest absolute Gasteiger partial charge is 0.506 e. The third kappa shape index (κ3) is 4.86. The number of anilines is 1. The van der Waals surface area contributed by atoms with Gasteiger partial charge in [-0.1, -0.05) is 24.3 Å². The maximum atomic E-state index is 12.1. The second kappa shape index (κ2) is 8.37. The Labute approximate surface area is 160 Å². The summed E-state index contributed by atoms with van der Waals surface area (Å²) in [4.78, 5) is 17.4. The van der Waals surface area contributed by atoms with Gasteiger partial charge in [0.1, 0.15) is 23.0 Å². The average Bonchev–Trinajstić information content (AvgIpc) is 3.19. The third-order valence-electron chi connectivity index (χ3n) is 3.89. The Morgan fingerprint density at radius 3 is 2.37 bits per heavy atom. The second-order valence-corrected chi connectivity index (χ2v) is 6.81. The van der Waals surface area contributed by atoms with Crippen LogP contribution >= 0.6 is 11.3 Å². The number of benzene rings is 2. The molecule has 2 aromatic carbocycles. The first-order valence-corrected chi connectivity index (χ1v) is 9.18. The highest BCUT2D eigenvalue weighted by atomic mass is 32.1. The number of aromatic hydroxyl groups is 2. The monoisotopic (exact) mass is 381 g/mol. The molecule has 0 saturated carbocycles. The van der Waals surface area contributed by atoms with E-state index in [0.717, 1.165) is 16.1 Å². The van der Waals surface area contributed by atoms with E-state index in [9.17, 15) is 15.0 Å². The Morgan fingerprint density at radius 1 is 1.04 bits per heavy atom. The van der Waals surface area contributed by atoms with Crippen LogP contribution in [0.4, 0.5) is 11.4 Å². The zero-order chi connectivity index (χ0) is 19.2. The summed E-state index contributed by atoms with van der Waals surface area (Å²) in [6.07, 6.45) is 0.734. The quantitative estimate of drug-likeness (QED) is 0.296. The van der Waals surface area contributed by atoms with Crippen molar-refractivity contribution in [3.05, 3.63) is 70.4 Å². The lowest BCUT2D eigenvalue weighted by Gasteiger charge is -2.09. The number of amidine groups is 1. The lowest BCUT2D eigenvalue weighted by molar-refractivity contribution is -0.116. The molecule has 0 bridgehead atoms. The topological polar surface area (TPSA) is 108 Å². The van der Waals surface area contributed by atoms with Gasteiger partial charge in [-0.3, -0.25) is 4.79 Å². The average molecular weight is 381 g/mol. The van der Waals surface area contributed by atoms with Crippen LogP contribution in [0.15, 0.2) is 65.0 Å². The van der Waals surface area contributed by atoms with Crippen LogP contribution in [-0.4, -0.2) is 22.0 Å². The summed E-state index contributed by atoms with van der Waals surface area (Å²) in [5.74, 6) is -0.168. The van der Waals surface area contributed by atoms with Gasteiger partial charge in [0.05, 0.1) is 10.6 Å². The number of thiophene rings is 1. The number of aliphatic imine (C=N–C) groups is 1. The van der Waals surface area contributed by atoms with Crippen LogP contribution in [0.5, 0.6) is 11.5 Å². The molecule has 1 heterocycles. The molecule has 3 rings (SSSR count). The summed E-state index contributed by atoms with van der Waals surface area (Å²) < 4.78 is 0. The van der Waals surface area contributed by atoms with E-state index in [0.29, 0.717) is 12.3 Å². The van der Waals surface area contributed by atoms with Crippen molar-refractivity contribution < 1.29 is 15.0 Å². The van der Waals surface area contributed by atoms with Crippen LogP contribution in [0.3, 0.4) is 0 Å². The second-order valence-electron chi connectivity index (χ2n) is 5.86. The first-order valence-electron chi connectivity index (χ1n) is 8.30. The lowest BCUT2D eigenvalue weighted by atomic mass is 10.1. The molecule has 0 radical (unpaired) electrons. The molecule has 0 spiro atoms. The fourth-order valence-electron chi connectivity index (χ4n) is 2.47. The zero-order valence-corrected chi connectivity index (χ0v) is 15.2. The summed E-state index contributed by atoms with van der Waals surface area (Å²) in [6.45, 7) is 0. The SMILES string of the molecule is NC(=Nc1ccc(CCC(=O)Nc2c(O)cccc2O)cc1)c1cccs1. The van der Waals surface area contributed by atoms with Gasteiger partial charge in [-0.2, -0.15) is 0 Å². The minimum Gasteiger partial charge on any atom is -0.506 e. The van der Waals surface area contributed by atoms with Crippen molar-refractivity contribution in [2.24, 2.45) is 10.7 Å². The number of para-hydroxylation sites is 1. The number of amides is 1. The maximum Gasteiger partial charge on any atom is 0.224 e. The van der Waals surface area contributed by atoms with Gasteiger partial charge in [0.25, 0.3) is 0 Å². The van der Waals surface area contributed by atoms with Crippen LogP contribution in [0.25, 0.3) is 0 Å². The van der Waals surface area contributed by atoms with Gasteiger partial charge >= 0.3 is 0 Å². The van der Waals surface area contributed by atoms with E-state index in [1.165, 1.54) is 29.5 Å². The van der Waals surface area contributed by atoms with Crippen LogP contribution in [0.1, 0.15) is 16.9 Å². The molecule has 27 heavy (non-hydrogen) atoms. The van der Waals surface area contributed by atoms with E-state index in [1.807, 2.05) is 41.8 Å². The molecule has 0 saturated heterocycles. The Bertz CT molecular complexity index is 931. The van der Waals surface area contributed by atoms with Crippen molar-refractivity contribution >= 4 is 34.5 Å².